The van der Waals surface area contributed by atoms with Crippen molar-refractivity contribution in [2.75, 3.05) is 7.05 Å². The maximum Gasteiger partial charge on any atom is 0.243 e. The number of nitrogens with one attached hydrogen (secondary N) is 1. The molecule has 1 N–H and O–H groups in total. The highest BCUT2D eigenvalue weighted by molar-refractivity contribution is 7.89. The number of dihydropyridines is 1. The van der Waals surface area contributed by atoms with Crippen molar-refractivity contribution in [1.29, 1.82) is 0 Å². The van der Waals surface area contributed by atoms with Crippen LogP contribution >= 0.6 is 11.6 Å². The molecule has 1 unspecified atom stereocenters. The summed E-state index contributed by atoms with van der Waals surface area (Å²) in [6.45, 7) is 0. The third-order valence-corrected chi connectivity index (χ3v) is 10.4. The van der Waals surface area contributed by atoms with E-state index in [0.717, 1.165) is 22.5 Å². The number of benzene rings is 2. The maximum absolute atomic E-state index is 14.3. The van der Waals surface area contributed by atoms with Crippen molar-refractivity contribution in [3.05, 3.63) is 107 Å². The largest absolute Gasteiger partial charge is 0.378 e. The van der Waals surface area contributed by atoms with Gasteiger partial charge in [-0.3, -0.25) is 4.79 Å². The van der Waals surface area contributed by atoms with Gasteiger partial charge in [0.05, 0.1) is 27.9 Å². The highest BCUT2D eigenvalue weighted by atomic mass is 35.5. The quantitative estimate of drug-likeness (QED) is 0.441. The lowest BCUT2D eigenvalue weighted by molar-refractivity contribution is -0.129. The van der Waals surface area contributed by atoms with Gasteiger partial charge in [-0.2, -0.15) is 9.40 Å². The molecule has 1 saturated carbocycles. The van der Waals surface area contributed by atoms with Gasteiger partial charge in [0.2, 0.25) is 10.0 Å². The number of carbonyl (C=O) groups excluding carboxylic acids is 1. The third-order valence-electron chi connectivity index (χ3n) is 8.25. The summed E-state index contributed by atoms with van der Waals surface area (Å²) in [5.41, 5.74) is 2.53. The van der Waals surface area contributed by atoms with Crippen LogP contribution in [-0.2, 0) is 21.2 Å². The maximum atomic E-state index is 14.3. The smallest absolute Gasteiger partial charge is 0.243 e. The van der Waals surface area contributed by atoms with Crippen LogP contribution in [0, 0.1) is 11.2 Å². The predicted octanol–water partition coefficient (Wildman–Crippen LogP) is 5.07. The van der Waals surface area contributed by atoms with Crippen LogP contribution in [0.15, 0.2) is 89.6 Å². The number of aromatic nitrogens is 2. The number of Topliss-reactive ketones (excluding diaryl/α,β-unsaturated/α-hetero) is 1. The molecule has 0 saturated heterocycles. The molecule has 10 heteroatoms. The van der Waals surface area contributed by atoms with Gasteiger partial charge in [0.25, 0.3) is 0 Å². The second-order valence-electron chi connectivity index (χ2n) is 10.5. The van der Waals surface area contributed by atoms with Crippen molar-refractivity contribution in [3.8, 4) is 5.69 Å². The summed E-state index contributed by atoms with van der Waals surface area (Å²) in [7, 11) is -2.22. The van der Waals surface area contributed by atoms with Crippen molar-refractivity contribution < 1.29 is 17.6 Å². The van der Waals surface area contributed by atoms with E-state index in [1.165, 1.54) is 28.6 Å². The number of allylic oxidation sites excluding steroid dienone is 3. The standard InChI is InChI=1S/C30H28ClFN4O3S/c1-35(40(38,39)26-13-6-22(31)7-14-26)25-10-5-21-16-28-20(19-34-36(28)24-11-8-23(32)9-12-24)17-30(21,18-25)29(37)27-4-2-3-15-33-27/h2-4,6-9,11-16,19,25,27,33H,5,10,17-18H2,1H3/t25-,27?,30-/m0/s1. The summed E-state index contributed by atoms with van der Waals surface area (Å²) in [4.78, 5) is 14.5. The Balaban J connectivity index is 1.39. The molecule has 3 atom stereocenters. The van der Waals surface area contributed by atoms with E-state index in [0.29, 0.717) is 30.7 Å². The molecule has 206 valence electrons. The summed E-state index contributed by atoms with van der Waals surface area (Å²) < 4.78 is 43.9. The molecule has 3 aliphatic rings. The Morgan fingerprint density at radius 3 is 2.60 bits per heavy atom. The van der Waals surface area contributed by atoms with Crippen LogP contribution in [0.25, 0.3) is 11.8 Å². The molecule has 0 bridgehead atoms. The minimum absolute atomic E-state index is 0.00141. The summed E-state index contributed by atoms with van der Waals surface area (Å²) in [5, 5.41) is 8.20. The minimum Gasteiger partial charge on any atom is -0.378 e. The van der Waals surface area contributed by atoms with Crippen molar-refractivity contribution >= 4 is 33.5 Å². The lowest BCUT2D eigenvalue weighted by Gasteiger charge is -2.47. The molecule has 0 radical (unpaired) electrons. The first kappa shape index (κ1) is 26.7. The topological polar surface area (TPSA) is 84.3 Å². The van der Waals surface area contributed by atoms with E-state index in [9.17, 15) is 17.6 Å². The first-order valence-corrected chi connectivity index (χ1v) is 14.9. The third kappa shape index (κ3) is 4.52. The fourth-order valence-corrected chi connectivity index (χ4v) is 7.60. The number of hydrogen-bond donors (Lipinski definition) is 1. The van der Waals surface area contributed by atoms with Gasteiger partial charge >= 0.3 is 0 Å². The summed E-state index contributed by atoms with van der Waals surface area (Å²) in [6, 6.07) is 11.3. The van der Waals surface area contributed by atoms with Gasteiger partial charge in [-0.25, -0.2) is 17.5 Å². The molecule has 1 fully saturated rings. The Morgan fingerprint density at radius 1 is 1.15 bits per heavy atom. The molecule has 0 spiro atoms. The number of halogens is 2. The Bertz CT molecular complexity index is 1660. The van der Waals surface area contributed by atoms with Crippen LogP contribution in [0.3, 0.4) is 0 Å². The summed E-state index contributed by atoms with van der Waals surface area (Å²) >= 11 is 5.99. The second kappa shape index (κ2) is 10.1. The van der Waals surface area contributed by atoms with Crippen LogP contribution < -0.4 is 5.32 Å². The molecular formula is C30H28ClFN4O3S. The van der Waals surface area contributed by atoms with Gasteiger partial charge in [-0.05, 0) is 98.1 Å². The first-order valence-electron chi connectivity index (χ1n) is 13.1. The lowest BCUT2D eigenvalue weighted by Crippen LogP contribution is -2.53. The van der Waals surface area contributed by atoms with Crippen LogP contribution in [0.1, 0.15) is 30.5 Å². The second-order valence-corrected chi connectivity index (χ2v) is 12.9. The molecule has 2 heterocycles. The highest BCUT2D eigenvalue weighted by Gasteiger charge is 2.52. The van der Waals surface area contributed by atoms with Crippen LogP contribution in [0.2, 0.25) is 5.02 Å². The molecule has 6 rings (SSSR count). The number of sulfonamides is 1. The Morgan fingerprint density at radius 2 is 1.90 bits per heavy atom. The van der Waals surface area contributed by atoms with Crippen molar-refractivity contribution in [3.63, 3.8) is 0 Å². The van der Waals surface area contributed by atoms with Crippen molar-refractivity contribution in [2.45, 2.75) is 42.7 Å². The van der Waals surface area contributed by atoms with E-state index < -0.39 is 27.5 Å². The van der Waals surface area contributed by atoms with Gasteiger partial charge in [-0.1, -0.05) is 29.3 Å². The number of nitrogens with zero attached hydrogens (tertiary/aromatic N) is 3. The average molecular weight is 579 g/mol. The van der Waals surface area contributed by atoms with Gasteiger partial charge in [0, 0.05) is 18.1 Å². The normalized spacial score (nSPS) is 23.8. The zero-order valence-electron chi connectivity index (χ0n) is 21.8. The molecule has 3 aromatic rings. The van der Waals surface area contributed by atoms with Crippen LogP contribution in [0.4, 0.5) is 4.39 Å². The fraction of sp³-hybridized carbons (Fsp3) is 0.267. The van der Waals surface area contributed by atoms with E-state index in [-0.39, 0.29) is 16.5 Å². The van der Waals surface area contributed by atoms with E-state index in [1.807, 2.05) is 24.3 Å². The summed E-state index contributed by atoms with van der Waals surface area (Å²) in [6.07, 6.45) is 12.9. The van der Waals surface area contributed by atoms with Crippen LogP contribution in [0.5, 0.6) is 0 Å². The minimum atomic E-state index is -3.81. The van der Waals surface area contributed by atoms with Crippen molar-refractivity contribution in [2.24, 2.45) is 5.41 Å². The highest BCUT2D eigenvalue weighted by Crippen LogP contribution is 2.51. The molecule has 7 nitrogen and oxygen atoms in total. The molecule has 1 aromatic heterocycles. The number of ketones is 1. The molecule has 1 aliphatic heterocycles. The van der Waals surface area contributed by atoms with E-state index >= 15 is 0 Å². The molecule has 40 heavy (non-hydrogen) atoms. The molecule has 2 aliphatic carbocycles. The lowest BCUT2D eigenvalue weighted by atomic mass is 9.59. The Labute approximate surface area is 237 Å². The number of hydrogen-bond acceptors (Lipinski definition) is 5. The number of rotatable bonds is 6. The average Bonchev–Trinajstić information content (AvgIpc) is 3.38. The summed E-state index contributed by atoms with van der Waals surface area (Å²) in [5.74, 6) is -0.327. The van der Waals surface area contributed by atoms with Crippen LogP contribution in [-0.4, -0.2) is 47.4 Å². The monoisotopic (exact) mass is 578 g/mol. The van der Waals surface area contributed by atoms with E-state index in [2.05, 4.69) is 10.4 Å². The Kier molecular flexibility index (Phi) is 6.76. The number of carbonyl (C=O) groups is 1. The molecule has 2 aromatic carbocycles. The molecular weight excluding hydrogens is 551 g/mol. The Hall–Kier alpha value is -3.53. The van der Waals surface area contributed by atoms with Crippen molar-refractivity contribution in [1.82, 2.24) is 19.4 Å². The zero-order valence-corrected chi connectivity index (χ0v) is 23.4. The zero-order chi connectivity index (χ0) is 28.1. The van der Waals surface area contributed by atoms with Gasteiger partial charge in [-0.15, -0.1) is 0 Å². The molecule has 0 amide bonds. The fourth-order valence-electron chi connectivity index (χ4n) is 6.08. The van der Waals surface area contributed by atoms with Gasteiger partial charge < -0.3 is 5.32 Å². The first-order chi connectivity index (χ1) is 19.2. The van der Waals surface area contributed by atoms with E-state index in [4.69, 9.17) is 11.6 Å². The number of fused-ring (bicyclic) bond motifs is 2. The van der Waals surface area contributed by atoms with Gasteiger partial charge in [0.15, 0.2) is 5.78 Å². The predicted molar refractivity (Wildman–Crippen MR) is 152 cm³/mol. The SMILES string of the molecule is CN([C@H]1CCC2=Cc3c(cnn3-c3ccc(F)cc3)C[C@]2(C(=O)C2C=CC=CN2)C1)S(=O)(=O)c1ccc(Cl)cc1. The van der Waals surface area contributed by atoms with Gasteiger partial charge in [0.1, 0.15) is 11.9 Å². The van der Waals surface area contributed by atoms with E-state index in [1.54, 1.807) is 48.4 Å².